The first-order chi connectivity index (χ1) is 8.71. The number of aryl methyl sites for hydroxylation is 1. The second-order valence-corrected chi connectivity index (χ2v) is 6.15. The van der Waals surface area contributed by atoms with Gasteiger partial charge in [-0.1, -0.05) is 20.8 Å². The fraction of sp³-hybridized carbons (Fsp3) is 0.714. The molecule has 1 aromatic heterocycles. The molecule has 0 aliphatic rings. The van der Waals surface area contributed by atoms with Gasteiger partial charge in [0.2, 0.25) is 5.91 Å². The Hall–Kier alpha value is -1.36. The van der Waals surface area contributed by atoms with Crippen LogP contribution in [0.25, 0.3) is 0 Å². The van der Waals surface area contributed by atoms with Gasteiger partial charge in [0.05, 0.1) is 12.6 Å². The van der Waals surface area contributed by atoms with Gasteiger partial charge in [0.15, 0.2) is 0 Å². The number of rotatable bonds is 5. The van der Waals surface area contributed by atoms with E-state index in [9.17, 15) is 4.79 Å². The molecule has 1 heterocycles. The van der Waals surface area contributed by atoms with Crippen molar-refractivity contribution in [1.82, 2.24) is 20.2 Å². The van der Waals surface area contributed by atoms with E-state index in [0.29, 0.717) is 6.54 Å². The highest BCUT2D eigenvalue weighted by molar-refractivity contribution is 5.81. The van der Waals surface area contributed by atoms with Crippen LogP contribution in [0.4, 0.5) is 0 Å². The normalized spacial score (nSPS) is 15.1. The number of hydrogen-bond acceptors (Lipinski definition) is 3. The van der Waals surface area contributed by atoms with Gasteiger partial charge in [-0.25, -0.2) is 4.98 Å². The minimum absolute atomic E-state index is 0.0247. The lowest BCUT2D eigenvalue weighted by atomic mass is 9.88. The van der Waals surface area contributed by atoms with Crippen molar-refractivity contribution in [2.45, 2.75) is 53.2 Å². The molecule has 0 unspecified atom stereocenters. The molecule has 0 bridgehead atoms. The summed E-state index contributed by atoms with van der Waals surface area (Å²) in [5.74, 6) is 0.945. The second kappa shape index (κ2) is 6.19. The summed E-state index contributed by atoms with van der Waals surface area (Å²) in [7, 11) is 1.94. The first kappa shape index (κ1) is 15.7. The SMILES string of the molecule is C[C@H](NCc1nccn1C)C(=O)N[C@H](C)C(C)(C)C. The predicted molar refractivity (Wildman–Crippen MR) is 76.6 cm³/mol. The van der Waals surface area contributed by atoms with Crippen molar-refractivity contribution in [3.63, 3.8) is 0 Å². The van der Waals surface area contributed by atoms with Crippen LogP contribution in [0.3, 0.4) is 0 Å². The van der Waals surface area contributed by atoms with Crippen LogP contribution in [0.5, 0.6) is 0 Å². The Morgan fingerprint density at radius 2 is 2.05 bits per heavy atom. The average Bonchev–Trinajstić information content (AvgIpc) is 2.70. The molecule has 2 N–H and O–H groups in total. The van der Waals surface area contributed by atoms with Crippen LogP contribution < -0.4 is 10.6 Å². The van der Waals surface area contributed by atoms with Crippen molar-refractivity contribution in [2.24, 2.45) is 12.5 Å². The van der Waals surface area contributed by atoms with E-state index in [0.717, 1.165) is 5.82 Å². The van der Waals surface area contributed by atoms with Crippen LogP contribution in [-0.2, 0) is 18.4 Å². The van der Waals surface area contributed by atoms with Crippen molar-refractivity contribution in [2.75, 3.05) is 0 Å². The molecule has 1 amide bonds. The fourth-order valence-electron chi connectivity index (χ4n) is 1.46. The summed E-state index contributed by atoms with van der Waals surface area (Å²) in [4.78, 5) is 16.3. The molecule has 0 aliphatic heterocycles. The summed E-state index contributed by atoms with van der Waals surface area (Å²) in [5.41, 5.74) is 0.0645. The highest BCUT2D eigenvalue weighted by atomic mass is 16.2. The number of hydrogen-bond donors (Lipinski definition) is 2. The summed E-state index contributed by atoms with van der Waals surface area (Å²) >= 11 is 0. The number of aromatic nitrogens is 2. The van der Waals surface area contributed by atoms with Crippen LogP contribution in [-0.4, -0.2) is 27.5 Å². The Kier molecular flexibility index (Phi) is 5.11. The zero-order chi connectivity index (χ0) is 14.6. The van der Waals surface area contributed by atoms with Gasteiger partial charge in [0, 0.05) is 25.5 Å². The molecule has 1 rings (SSSR count). The average molecular weight is 266 g/mol. The molecule has 2 atom stereocenters. The molecule has 5 heteroatoms. The molecule has 5 nitrogen and oxygen atoms in total. The van der Waals surface area contributed by atoms with Crippen LogP contribution in [0.1, 0.15) is 40.4 Å². The lowest BCUT2D eigenvalue weighted by molar-refractivity contribution is -0.124. The van der Waals surface area contributed by atoms with Gasteiger partial charge < -0.3 is 9.88 Å². The third kappa shape index (κ3) is 4.67. The summed E-state index contributed by atoms with van der Waals surface area (Å²) in [6.45, 7) is 10.8. The first-order valence-electron chi connectivity index (χ1n) is 6.71. The third-order valence-corrected chi connectivity index (χ3v) is 3.54. The number of carbonyl (C=O) groups excluding carboxylic acids is 1. The maximum atomic E-state index is 12.0. The van der Waals surface area contributed by atoms with Crippen molar-refractivity contribution in [3.05, 3.63) is 18.2 Å². The molecule has 0 radical (unpaired) electrons. The Balaban J connectivity index is 2.43. The molecule has 0 spiro atoms. The zero-order valence-corrected chi connectivity index (χ0v) is 12.8. The molecular weight excluding hydrogens is 240 g/mol. The smallest absolute Gasteiger partial charge is 0.237 e. The topological polar surface area (TPSA) is 59.0 Å². The van der Waals surface area contributed by atoms with Gasteiger partial charge in [-0.2, -0.15) is 0 Å². The molecule has 0 saturated carbocycles. The molecule has 0 saturated heterocycles. The quantitative estimate of drug-likeness (QED) is 0.848. The van der Waals surface area contributed by atoms with E-state index in [2.05, 4.69) is 36.4 Å². The largest absolute Gasteiger partial charge is 0.352 e. The molecular formula is C14H26N4O. The summed E-state index contributed by atoms with van der Waals surface area (Å²) < 4.78 is 1.94. The van der Waals surface area contributed by atoms with Gasteiger partial charge in [0.25, 0.3) is 0 Å². The Labute approximate surface area is 115 Å². The van der Waals surface area contributed by atoms with E-state index in [-0.39, 0.29) is 23.4 Å². The summed E-state index contributed by atoms with van der Waals surface area (Å²) in [6, 6.07) is -0.0982. The molecule has 108 valence electrons. The van der Waals surface area contributed by atoms with Gasteiger partial charge >= 0.3 is 0 Å². The van der Waals surface area contributed by atoms with Crippen LogP contribution >= 0.6 is 0 Å². The minimum Gasteiger partial charge on any atom is -0.352 e. The van der Waals surface area contributed by atoms with Crippen LogP contribution in [0.2, 0.25) is 0 Å². The number of imidazole rings is 1. The number of nitrogens with zero attached hydrogens (tertiary/aromatic N) is 2. The lowest BCUT2D eigenvalue weighted by Gasteiger charge is -2.29. The molecule has 0 aliphatic carbocycles. The fourth-order valence-corrected chi connectivity index (χ4v) is 1.46. The Morgan fingerprint density at radius 3 is 2.53 bits per heavy atom. The van der Waals surface area contributed by atoms with Gasteiger partial charge in [-0.3, -0.25) is 10.1 Å². The first-order valence-corrected chi connectivity index (χ1v) is 6.71. The van der Waals surface area contributed by atoms with Crippen molar-refractivity contribution < 1.29 is 4.79 Å². The summed E-state index contributed by atoms with van der Waals surface area (Å²) in [6.07, 6.45) is 3.65. The zero-order valence-electron chi connectivity index (χ0n) is 12.8. The molecule has 19 heavy (non-hydrogen) atoms. The van der Waals surface area contributed by atoms with E-state index >= 15 is 0 Å². The number of nitrogens with one attached hydrogen (secondary N) is 2. The van der Waals surface area contributed by atoms with Crippen molar-refractivity contribution in [3.8, 4) is 0 Å². The molecule has 0 aromatic carbocycles. The predicted octanol–water partition coefficient (Wildman–Crippen LogP) is 1.45. The third-order valence-electron chi connectivity index (χ3n) is 3.54. The number of amides is 1. The van der Waals surface area contributed by atoms with E-state index < -0.39 is 0 Å². The van der Waals surface area contributed by atoms with Gasteiger partial charge in [-0.05, 0) is 19.3 Å². The van der Waals surface area contributed by atoms with Gasteiger partial charge in [-0.15, -0.1) is 0 Å². The monoisotopic (exact) mass is 266 g/mol. The Bertz CT molecular complexity index is 419. The Morgan fingerprint density at radius 1 is 1.42 bits per heavy atom. The van der Waals surface area contributed by atoms with E-state index in [1.54, 1.807) is 6.20 Å². The van der Waals surface area contributed by atoms with E-state index in [1.807, 2.05) is 31.7 Å². The maximum absolute atomic E-state index is 12.0. The van der Waals surface area contributed by atoms with E-state index in [1.165, 1.54) is 0 Å². The second-order valence-electron chi connectivity index (χ2n) is 6.15. The number of carbonyl (C=O) groups is 1. The van der Waals surface area contributed by atoms with Gasteiger partial charge in [0.1, 0.15) is 5.82 Å². The van der Waals surface area contributed by atoms with Crippen molar-refractivity contribution in [1.29, 1.82) is 0 Å². The maximum Gasteiger partial charge on any atom is 0.237 e. The van der Waals surface area contributed by atoms with Crippen molar-refractivity contribution >= 4 is 5.91 Å². The highest BCUT2D eigenvalue weighted by Crippen LogP contribution is 2.18. The molecule has 1 aromatic rings. The van der Waals surface area contributed by atoms with Crippen LogP contribution in [0.15, 0.2) is 12.4 Å². The highest BCUT2D eigenvalue weighted by Gasteiger charge is 2.23. The lowest BCUT2D eigenvalue weighted by Crippen LogP contribution is -2.49. The summed E-state index contributed by atoms with van der Waals surface area (Å²) in [5, 5.41) is 6.22. The standard InChI is InChI=1S/C14H26N4O/c1-10(13(19)17-11(2)14(3,4)5)16-9-12-15-7-8-18(12)6/h7-8,10-11,16H,9H2,1-6H3,(H,17,19)/t10-,11+/m0/s1. The van der Waals surface area contributed by atoms with E-state index in [4.69, 9.17) is 0 Å². The minimum atomic E-state index is -0.235. The molecule has 0 fully saturated rings. The van der Waals surface area contributed by atoms with Crippen LogP contribution in [0, 0.1) is 5.41 Å².